The first-order chi connectivity index (χ1) is 23.1. The quantitative estimate of drug-likeness (QED) is 0.0941. The van der Waals surface area contributed by atoms with Crippen LogP contribution in [0.15, 0.2) is 0 Å². The number of hydrogen-bond donors (Lipinski definition) is 14. The molecule has 0 aromatic rings. The van der Waals surface area contributed by atoms with Crippen molar-refractivity contribution in [3.05, 3.63) is 0 Å². The number of carbonyl (C=O) groups is 2. The van der Waals surface area contributed by atoms with E-state index in [1.165, 1.54) is 0 Å². The summed E-state index contributed by atoms with van der Waals surface area (Å²) in [7, 11) is 0. The van der Waals surface area contributed by atoms with Crippen molar-refractivity contribution in [2.45, 2.75) is 130 Å². The Morgan fingerprint density at radius 2 is 1.02 bits per heavy atom. The maximum Gasteiger partial charge on any atom is 0.335 e. The Kier molecular flexibility index (Phi) is 13.6. The van der Waals surface area contributed by atoms with E-state index < -0.39 is 154 Å². The number of aliphatic hydroxyl groups is 12. The summed E-state index contributed by atoms with van der Waals surface area (Å²) in [4.78, 5) is 24.1. The summed E-state index contributed by atoms with van der Waals surface area (Å²) in [6, 6.07) is -1.69. The highest BCUT2D eigenvalue weighted by Crippen LogP contribution is 2.34. The lowest BCUT2D eigenvalue weighted by Crippen LogP contribution is -2.70. The van der Waals surface area contributed by atoms with E-state index in [9.17, 15) is 76.0 Å². The monoisotopic (exact) mass is 721 g/mol. The number of amides is 1. The third-order valence-corrected chi connectivity index (χ3v) is 8.57. The molecule has 0 radical (unpaired) electrons. The van der Waals surface area contributed by atoms with Crippen molar-refractivity contribution in [3.8, 4) is 0 Å². The molecule has 1 unspecified atom stereocenters. The van der Waals surface area contributed by atoms with E-state index in [4.69, 9.17) is 33.2 Å². The topological polar surface area (TPSA) is 374 Å². The molecular weight excluding hydrogens is 678 g/mol. The second-order valence-corrected chi connectivity index (χ2v) is 11.9. The van der Waals surface area contributed by atoms with Gasteiger partial charge in [0.15, 0.2) is 31.3 Å². The molecule has 14 N–H and O–H groups in total. The molecule has 49 heavy (non-hydrogen) atoms. The second kappa shape index (κ2) is 16.7. The summed E-state index contributed by atoms with van der Waals surface area (Å²) in [5.74, 6) is -2.57. The van der Waals surface area contributed by atoms with Crippen LogP contribution in [-0.2, 0) is 42.7 Å². The van der Waals surface area contributed by atoms with Gasteiger partial charge < -0.3 is 105 Å². The van der Waals surface area contributed by atoms with Gasteiger partial charge >= 0.3 is 5.97 Å². The third kappa shape index (κ3) is 8.30. The van der Waals surface area contributed by atoms with Crippen LogP contribution in [0, 0.1) is 0 Å². The number of hydrogen-bond acceptors (Lipinski definition) is 21. The summed E-state index contributed by atoms with van der Waals surface area (Å²) in [6.07, 6.45) is -35.9. The number of ether oxygens (including phenoxy) is 7. The lowest BCUT2D eigenvalue weighted by atomic mass is 9.94. The highest BCUT2D eigenvalue weighted by Gasteiger charge is 2.56. The van der Waals surface area contributed by atoms with E-state index in [0.29, 0.717) is 0 Å². The maximum absolute atomic E-state index is 12.2. The zero-order valence-corrected chi connectivity index (χ0v) is 25.7. The number of aliphatic carboxylic acids is 1. The summed E-state index contributed by atoms with van der Waals surface area (Å²) in [5, 5.41) is 135. The van der Waals surface area contributed by atoms with Gasteiger partial charge in [-0.2, -0.15) is 0 Å². The smallest absolute Gasteiger partial charge is 0.335 e. The molecule has 4 rings (SSSR count). The number of aliphatic hydroxyl groups excluding tert-OH is 12. The summed E-state index contributed by atoms with van der Waals surface area (Å²) >= 11 is 0. The van der Waals surface area contributed by atoms with Crippen LogP contribution in [0.1, 0.15) is 6.92 Å². The van der Waals surface area contributed by atoms with Crippen LogP contribution in [0.5, 0.6) is 0 Å². The van der Waals surface area contributed by atoms with Gasteiger partial charge in [0.2, 0.25) is 5.91 Å². The Morgan fingerprint density at radius 3 is 1.57 bits per heavy atom. The normalized spacial score (nSPS) is 49.3. The van der Waals surface area contributed by atoms with Crippen molar-refractivity contribution in [3.63, 3.8) is 0 Å². The van der Waals surface area contributed by atoms with E-state index in [1.807, 2.05) is 0 Å². The minimum atomic E-state index is -2.14. The SMILES string of the molecule is CC(=O)N[C@H]1[C@H](O[C@@H]2[C@H](O)[C@@H](O)C(O)O[C@@H]2C(=O)O)O[C@H](CO)[C@@H](O)[C@@H]1O[C@@H]1O[C@H](CO)[C@@H](O[C@@H]2O[C@H](CO)[C@@H](O)[C@H](O)[C@H]2O)[C@H](O)[C@H]1O. The molecule has 4 fully saturated rings. The fourth-order valence-corrected chi connectivity index (χ4v) is 5.91. The zero-order chi connectivity index (χ0) is 36.5. The van der Waals surface area contributed by atoms with Crippen LogP contribution < -0.4 is 5.32 Å². The summed E-state index contributed by atoms with van der Waals surface area (Å²) < 4.78 is 38.1. The zero-order valence-electron chi connectivity index (χ0n) is 25.7. The van der Waals surface area contributed by atoms with Gasteiger partial charge in [-0.1, -0.05) is 0 Å². The first-order valence-corrected chi connectivity index (χ1v) is 15.1. The Bertz CT molecular complexity index is 1100. The van der Waals surface area contributed by atoms with Crippen LogP contribution >= 0.6 is 0 Å². The molecule has 23 heteroatoms. The maximum atomic E-state index is 12.2. The molecule has 0 spiro atoms. The van der Waals surface area contributed by atoms with Gasteiger partial charge in [-0.3, -0.25) is 4.79 Å². The molecule has 0 bridgehead atoms. The van der Waals surface area contributed by atoms with Crippen LogP contribution in [0.4, 0.5) is 0 Å². The Morgan fingerprint density at radius 1 is 0.551 bits per heavy atom. The average Bonchev–Trinajstić information content (AvgIpc) is 3.06. The van der Waals surface area contributed by atoms with Crippen LogP contribution in [0.3, 0.4) is 0 Å². The molecule has 0 aromatic heterocycles. The van der Waals surface area contributed by atoms with Gasteiger partial charge in [-0.05, 0) is 0 Å². The number of carbonyl (C=O) groups excluding carboxylic acids is 1. The molecule has 4 aliphatic heterocycles. The van der Waals surface area contributed by atoms with Crippen molar-refractivity contribution in [2.75, 3.05) is 19.8 Å². The van der Waals surface area contributed by atoms with Gasteiger partial charge in [0, 0.05) is 6.92 Å². The van der Waals surface area contributed by atoms with Gasteiger partial charge in [0.1, 0.15) is 91.5 Å². The first-order valence-electron chi connectivity index (χ1n) is 15.1. The molecule has 4 saturated heterocycles. The molecule has 4 aliphatic rings. The lowest BCUT2D eigenvalue weighted by molar-refractivity contribution is -0.377. The molecule has 1 amide bonds. The van der Waals surface area contributed by atoms with Crippen molar-refractivity contribution in [2.24, 2.45) is 0 Å². The van der Waals surface area contributed by atoms with Crippen molar-refractivity contribution < 1.29 is 109 Å². The van der Waals surface area contributed by atoms with Gasteiger partial charge in [0.05, 0.1) is 19.8 Å². The molecule has 0 aromatic carbocycles. The van der Waals surface area contributed by atoms with Crippen LogP contribution in [0.2, 0.25) is 0 Å². The van der Waals surface area contributed by atoms with E-state index >= 15 is 0 Å². The van der Waals surface area contributed by atoms with Crippen LogP contribution in [-0.4, -0.2) is 221 Å². The third-order valence-electron chi connectivity index (χ3n) is 8.57. The van der Waals surface area contributed by atoms with Gasteiger partial charge in [0.25, 0.3) is 0 Å². The highest BCUT2D eigenvalue weighted by atomic mass is 16.8. The highest BCUT2D eigenvalue weighted by molar-refractivity contribution is 5.74. The molecular formula is C26H43NO22. The van der Waals surface area contributed by atoms with Crippen molar-refractivity contribution in [1.82, 2.24) is 5.32 Å². The first kappa shape index (κ1) is 40.0. The fourth-order valence-electron chi connectivity index (χ4n) is 5.91. The molecule has 284 valence electrons. The lowest BCUT2D eigenvalue weighted by Gasteiger charge is -2.49. The van der Waals surface area contributed by atoms with E-state index in [0.717, 1.165) is 6.92 Å². The number of carboxylic acids is 1. The van der Waals surface area contributed by atoms with Crippen molar-refractivity contribution >= 4 is 11.9 Å². The van der Waals surface area contributed by atoms with Crippen LogP contribution in [0.25, 0.3) is 0 Å². The van der Waals surface area contributed by atoms with E-state index in [-0.39, 0.29) is 0 Å². The Labute approximate surface area is 276 Å². The van der Waals surface area contributed by atoms with E-state index in [2.05, 4.69) is 5.32 Å². The summed E-state index contributed by atoms with van der Waals surface area (Å²) in [6.45, 7) is -1.71. The largest absolute Gasteiger partial charge is 0.479 e. The molecule has 20 atom stereocenters. The Balaban J connectivity index is 1.57. The predicted molar refractivity (Wildman–Crippen MR) is 146 cm³/mol. The standard InChI is InChI=1S/C26H43NO22/c1-5(31)27-9-19(11(33)7(3-29)43-24(9)49-20-13(35)15(37)23(42)46-21(20)22(40)41)48-26-17(39)14(36)18(8(4-30)45-26)47-25-16(38)12(34)10(32)6(2-28)44-25/h6-21,23-26,28-30,32-39,42H,2-4H2,1H3,(H,27,31)(H,40,41)/t6-,7-,8-,9-,10-,11-,12+,13-,14-,15-,16-,17-,18-,19-,20-,21+,23?,24+,25+,26+/m1/s1. The van der Waals surface area contributed by atoms with Gasteiger partial charge in [-0.25, -0.2) is 4.79 Å². The number of rotatable bonds is 11. The second-order valence-electron chi connectivity index (χ2n) is 11.9. The van der Waals surface area contributed by atoms with Gasteiger partial charge in [-0.15, -0.1) is 0 Å². The molecule has 0 aliphatic carbocycles. The minimum Gasteiger partial charge on any atom is -0.479 e. The number of carboxylic acid groups (broad SMARTS) is 1. The fraction of sp³-hybridized carbons (Fsp3) is 0.923. The molecule has 4 heterocycles. The Hall–Kier alpha value is -1.82. The summed E-state index contributed by atoms with van der Waals surface area (Å²) in [5.41, 5.74) is 0. The van der Waals surface area contributed by atoms with E-state index in [1.54, 1.807) is 0 Å². The average molecular weight is 722 g/mol. The van der Waals surface area contributed by atoms with Crippen molar-refractivity contribution in [1.29, 1.82) is 0 Å². The minimum absolute atomic E-state index is 0.814. The molecule has 0 saturated carbocycles. The predicted octanol–water partition coefficient (Wildman–Crippen LogP) is -9.51. The molecule has 23 nitrogen and oxygen atoms in total. The number of nitrogens with one attached hydrogen (secondary N) is 1.